The molecule has 0 bridgehead atoms. The second kappa shape index (κ2) is 12.0. The molecule has 194 valence electrons. The smallest absolute Gasteiger partial charge is 0.293 e. The summed E-state index contributed by atoms with van der Waals surface area (Å²) in [6, 6.07) is 11.0. The zero-order chi connectivity index (χ0) is 26.5. The third-order valence-corrected chi connectivity index (χ3v) is 7.27. The number of nitrogens with zero attached hydrogens (tertiary/aromatic N) is 4. The van der Waals surface area contributed by atoms with Crippen molar-refractivity contribution in [3.8, 4) is 28.6 Å². The molecule has 0 N–H and O–H groups in total. The summed E-state index contributed by atoms with van der Waals surface area (Å²) in [4.78, 5) is 19.1. The summed E-state index contributed by atoms with van der Waals surface area (Å²) in [7, 11) is 0. The molecular formula is C27H29BrN4O4S. The number of anilines is 1. The van der Waals surface area contributed by atoms with Gasteiger partial charge in [-0.3, -0.25) is 4.79 Å². The summed E-state index contributed by atoms with van der Waals surface area (Å²) in [5.74, 6) is 1.26. The number of thioether (sulfide) groups is 1. The monoisotopic (exact) mass is 584 g/mol. The molecule has 37 heavy (non-hydrogen) atoms. The van der Waals surface area contributed by atoms with E-state index in [-0.39, 0.29) is 11.8 Å². The summed E-state index contributed by atoms with van der Waals surface area (Å²) in [5, 5.41) is 18.6. The van der Waals surface area contributed by atoms with E-state index in [4.69, 9.17) is 14.6 Å². The van der Waals surface area contributed by atoms with E-state index in [9.17, 15) is 9.90 Å². The molecule has 10 heteroatoms. The zero-order valence-electron chi connectivity index (χ0n) is 21.1. The molecule has 0 aliphatic carbocycles. The van der Waals surface area contributed by atoms with Gasteiger partial charge < -0.3 is 14.6 Å². The Morgan fingerprint density at radius 3 is 2.78 bits per heavy atom. The number of para-hydroxylation sites is 1. The fourth-order valence-electron chi connectivity index (χ4n) is 4.23. The number of rotatable bonds is 10. The van der Waals surface area contributed by atoms with Crippen LogP contribution in [0.15, 0.2) is 58.7 Å². The zero-order valence-corrected chi connectivity index (χ0v) is 23.5. The maximum Gasteiger partial charge on any atom is 0.293 e. The van der Waals surface area contributed by atoms with Gasteiger partial charge in [0.05, 0.1) is 33.8 Å². The highest BCUT2D eigenvalue weighted by Gasteiger charge is 2.44. The number of carbonyl (C=O) groups excluding carboxylic acids is 1. The van der Waals surface area contributed by atoms with Crippen LogP contribution in [0.25, 0.3) is 11.3 Å². The number of aromatic nitrogens is 3. The fraction of sp³-hybridized carbons (Fsp3) is 0.333. The van der Waals surface area contributed by atoms with Crippen molar-refractivity contribution >= 4 is 39.3 Å². The molecule has 2 aromatic carbocycles. The minimum Gasteiger partial charge on any atom is -0.854 e. The van der Waals surface area contributed by atoms with Gasteiger partial charge in [0.15, 0.2) is 11.5 Å². The van der Waals surface area contributed by atoms with Crippen molar-refractivity contribution in [2.45, 2.75) is 44.9 Å². The summed E-state index contributed by atoms with van der Waals surface area (Å²) in [5.41, 5.74) is 2.26. The molecular weight excluding hydrogens is 556 g/mol. The van der Waals surface area contributed by atoms with E-state index in [1.807, 2.05) is 43.3 Å². The number of fused-ring (bicyclic) bond motifs is 3. The SMILES string of the molecule is C=CCOc1c(Br)cc(C2N(C(C)=O)c3ccccc3-c3c([O-])nc(SCCCC)n[n+]32)cc1OCC. The van der Waals surface area contributed by atoms with Gasteiger partial charge in [0, 0.05) is 17.8 Å². The molecule has 0 fully saturated rings. The van der Waals surface area contributed by atoms with E-state index >= 15 is 0 Å². The number of hydrogen-bond donors (Lipinski definition) is 0. The predicted molar refractivity (Wildman–Crippen MR) is 145 cm³/mol. The van der Waals surface area contributed by atoms with Crippen molar-refractivity contribution in [2.75, 3.05) is 23.9 Å². The first-order valence-electron chi connectivity index (χ1n) is 12.1. The highest BCUT2D eigenvalue weighted by molar-refractivity contribution is 9.10. The Kier molecular flexibility index (Phi) is 8.71. The van der Waals surface area contributed by atoms with Crippen LogP contribution in [0, 0.1) is 0 Å². The average molecular weight is 586 g/mol. The number of amides is 1. The van der Waals surface area contributed by atoms with Crippen LogP contribution < -0.4 is 24.2 Å². The first kappa shape index (κ1) is 26.9. The van der Waals surface area contributed by atoms with Crippen LogP contribution in [0.3, 0.4) is 0 Å². The van der Waals surface area contributed by atoms with Gasteiger partial charge in [-0.2, -0.15) is 0 Å². The number of ether oxygens (including phenoxy) is 2. The lowest BCUT2D eigenvalue weighted by Gasteiger charge is -2.33. The summed E-state index contributed by atoms with van der Waals surface area (Å²) in [6.07, 6.45) is 2.92. The Morgan fingerprint density at radius 1 is 1.30 bits per heavy atom. The van der Waals surface area contributed by atoms with Crippen molar-refractivity contribution in [1.29, 1.82) is 0 Å². The summed E-state index contributed by atoms with van der Waals surface area (Å²) >= 11 is 5.05. The molecule has 1 aliphatic heterocycles. The molecule has 3 aromatic rings. The molecule has 0 saturated heterocycles. The van der Waals surface area contributed by atoms with E-state index in [0.717, 1.165) is 18.6 Å². The maximum absolute atomic E-state index is 13.4. The quantitative estimate of drug-likeness (QED) is 0.143. The van der Waals surface area contributed by atoms with Gasteiger partial charge in [0.1, 0.15) is 6.61 Å². The van der Waals surface area contributed by atoms with E-state index in [1.54, 1.807) is 15.7 Å². The third kappa shape index (κ3) is 5.45. The van der Waals surface area contributed by atoms with Crippen molar-refractivity contribution in [3.05, 3.63) is 59.1 Å². The van der Waals surface area contributed by atoms with E-state index in [2.05, 4.69) is 34.4 Å². The van der Waals surface area contributed by atoms with Gasteiger partial charge in [-0.1, -0.05) is 54.6 Å². The first-order chi connectivity index (χ1) is 17.9. The molecule has 8 nitrogen and oxygen atoms in total. The van der Waals surface area contributed by atoms with Crippen LogP contribution in [0.5, 0.6) is 17.4 Å². The van der Waals surface area contributed by atoms with Gasteiger partial charge >= 0.3 is 0 Å². The number of unbranched alkanes of at least 4 members (excludes halogenated alkanes) is 1. The molecule has 1 amide bonds. The van der Waals surface area contributed by atoms with Crippen LogP contribution in [0.2, 0.25) is 0 Å². The molecule has 0 radical (unpaired) electrons. The Hall–Kier alpha value is -3.11. The van der Waals surface area contributed by atoms with E-state index in [0.29, 0.717) is 56.9 Å². The summed E-state index contributed by atoms with van der Waals surface area (Å²) in [6.45, 7) is 9.93. The van der Waals surface area contributed by atoms with Gasteiger partial charge in [0.2, 0.25) is 5.91 Å². The standard InChI is InChI=1S/C27H29BrN4O4S/c1-5-8-14-37-27-29-25(34)23-19-11-9-10-12-21(19)31(17(4)33)26(32(23)30-27)18-15-20(28)24(36-13-6-2)22(16-18)35-7-3/h6,9-12,15-16,26H,2,5,7-8,13-14H2,1,3-4H3. The second-order valence-corrected chi connectivity index (χ2v) is 10.3. The van der Waals surface area contributed by atoms with Crippen LogP contribution in [-0.2, 0) is 4.79 Å². The molecule has 1 atom stereocenters. The van der Waals surface area contributed by atoms with E-state index < -0.39 is 6.17 Å². The molecule has 0 saturated carbocycles. The molecule has 4 rings (SSSR count). The maximum atomic E-state index is 13.4. The predicted octanol–water partition coefficient (Wildman–Crippen LogP) is 5.04. The van der Waals surface area contributed by atoms with Crippen molar-refractivity contribution in [1.82, 2.24) is 10.1 Å². The Balaban J connectivity index is 1.96. The van der Waals surface area contributed by atoms with Crippen molar-refractivity contribution in [2.24, 2.45) is 0 Å². The van der Waals surface area contributed by atoms with Gasteiger partial charge in [0.25, 0.3) is 17.0 Å². The minimum absolute atomic E-state index is 0.192. The number of hydrogen-bond acceptors (Lipinski definition) is 7. The molecule has 1 aromatic heterocycles. The van der Waals surface area contributed by atoms with Crippen LogP contribution >= 0.6 is 27.7 Å². The first-order valence-corrected chi connectivity index (χ1v) is 13.9. The number of benzene rings is 2. The van der Waals surface area contributed by atoms with E-state index in [1.165, 1.54) is 18.7 Å². The molecule has 1 aliphatic rings. The second-order valence-electron chi connectivity index (χ2n) is 8.34. The highest BCUT2D eigenvalue weighted by atomic mass is 79.9. The Bertz CT molecular complexity index is 1320. The lowest BCUT2D eigenvalue weighted by Crippen LogP contribution is -2.58. The molecule has 2 heterocycles. The van der Waals surface area contributed by atoms with Crippen molar-refractivity contribution in [3.63, 3.8) is 0 Å². The topological polar surface area (TPSA) is 91.5 Å². The minimum atomic E-state index is -0.743. The van der Waals surface area contributed by atoms with Gasteiger partial charge in [-0.25, -0.2) is 9.88 Å². The fourth-order valence-corrected chi connectivity index (χ4v) is 5.71. The Morgan fingerprint density at radius 2 is 2.08 bits per heavy atom. The molecule has 1 unspecified atom stereocenters. The van der Waals surface area contributed by atoms with Crippen LogP contribution in [0.1, 0.15) is 45.3 Å². The largest absolute Gasteiger partial charge is 0.854 e. The average Bonchev–Trinajstić information content (AvgIpc) is 2.87. The normalized spacial score (nSPS) is 14.1. The van der Waals surface area contributed by atoms with Gasteiger partial charge in [-0.05, 0) is 53.5 Å². The lowest BCUT2D eigenvalue weighted by molar-refractivity contribution is -0.764. The van der Waals surface area contributed by atoms with Crippen molar-refractivity contribution < 1.29 is 24.1 Å². The number of halogens is 1. The van der Waals surface area contributed by atoms with Crippen LogP contribution in [-0.4, -0.2) is 35.0 Å². The Labute approximate surface area is 229 Å². The van der Waals surface area contributed by atoms with Crippen LogP contribution in [0.4, 0.5) is 5.69 Å². The molecule has 0 spiro atoms. The lowest BCUT2D eigenvalue weighted by atomic mass is 10.0. The highest BCUT2D eigenvalue weighted by Crippen LogP contribution is 2.44. The summed E-state index contributed by atoms with van der Waals surface area (Å²) < 4.78 is 14.0. The van der Waals surface area contributed by atoms with Gasteiger partial charge in [-0.15, -0.1) is 0 Å². The number of carbonyl (C=O) groups is 1. The third-order valence-electron chi connectivity index (χ3n) is 5.76.